The van der Waals surface area contributed by atoms with Crippen LogP contribution in [-0.4, -0.2) is 29.5 Å². The second kappa shape index (κ2) is 6.31. The van der Waals surface area contributed by atoms with Crippen LogP contribution in [-0.2, 0) is 7.05 Å². The molecule has 0 unspecified atom stereocenters. The number of fused-ring (bicyclic) bond motifs is 1. The third-order valence-corrected chi connectivity index (χ3v) is 4.24. The molecule has 0 aliphatic carbocycles. The maximum atomic E-state index is 14.2. The summed E-state index contributed by atoms with van der Waals surface area (Å²) in [5, 5.41) is 3.74. The minimum atomic E-state index is -0.726. The fourth-order valence-corrected chi connectivity index (χ4v) is 3.00. The molecule has 4 rings (SSSR count). The molecular formula is C17H16F2N8. The first-order valence-corrected chi connectivity index (χ1v) is 8.13. The Morgan fingerprint density at radius 2 is 2.07 bits per heavy atom. The minimum Gasteiger partial charge on any atom is -0.368 e. The summed E-state index contributed by atoms with van der Waals surface area (Å²) < 4.78 is 29.2. The highest BCUT2D eigenvalue weighted by atomic mass is 19.1. The maximum Gasteiger partial charge on any atom is 0.224 e. The highest BCUT2D eigenvalue weighted by molar-refractivity contribution is 5.93. The number of H-pyrrole nitrogens is 1. The quantitative estimate of drug-likeness (QED) is 0.509. The Balaban J connectivity index is 1.83. The van der Waals surface area contributed by atoms with Crippen molar-refractivity contribution in [3.63, 3.8) is 0 Å². The molecule has 27 heavy (non-hydrogen) atoms. The molecule has 0 spiro atoms. The predicted octanol–water partition coefficient (Wildman–Crippen LogP) is 2.84. The topological polar surface area (TPSA) is 110 Å². The van der Waals surface area contributed by atoms with Gasteiger partial charge in [-0.05, 0) is 5.56 Å². The van der Waals surface area contributed by atoms with Crippen molar-refractivity contribution in [2.24, 2.45) is 7.05 Å². The van der Waals surface area contributed by atoms with Gasteiger partial charge in [-0.3, -0.25) is 4.98 Å². The third kappa shape index (κ3) is 3.05. The SMILES string of the molecule is C[C@H](c1ncc(F)cc1F)c1c[nH]c2nc(N)nc(Nc3cn(C)cn3)c12. The number of hydrogen-bond acceptors (Lipinski definition) is 6. The standard InChI is InChI=1S/C17H16F2N8/c1-8(14-11(19)3-9(18)4-21-14)10-5-22-15-13(10)16(26-17(20)25-15)24-12-6-27(2)7-23-12/h3-8H,1-2H3,(H4,20,22,24,25,26)/t8-/m0/s1. The number of hydrogen-bond donors (Lipinski definition) is 3. The van der Waals surface area contributed by atoms with E-state index in [4.69, 9.17) is 5.73 Å². The van der Waals surface area contributed by atoms with Crippen LogP contribution in [0, 0.1) is 11.6 Å². The average Bonchev–Trinajstić information content (AvgIpc) is 3.20. The lowest BCUT2D eigenvalue weighted by Gasteiger charge is -2.13. The van der Waals surface area contributed by atoms with Gasteiger partial charge in [-0.15, -0.1) is 0 Å². The summed E-state index contributed by atoms with van der Waals surface area (Å²) in [6.45, 7) is 1.77. The van der Waals surface area contributed by atoms with Crippen LogP contribution in [0.25, 0.3) is 11.0 Å². The number of pyridine rings is 1. The zero-order valence-electron chi connectivity index (χ0n) is 14.5. The van der Waals surface area contributed by atoms with Crippen LogP contribution in [0.3, 0.4) is 0 Å². The minimum absolute atomic E-state index is 0.0769. The van der Waals surface area contributed by atoms with Gasteiger partial charge in [0, 0.05) is 31.4 Å². The Morgan fingerprint density at radius 1 is 1.26 bits per heavy atom. The molecule has 0 aromatic carbocycles. The number of halogens is 2. The van der Waals surface area contributed by atoms with Crippen molar-refractivity contribution in [1.29, 1.82) is 0 Å². The Morgan fingerprint density at radius 3 is 2.78 bits per heavy atom. The second-order valence-electron chi connectivity index (χ2n) is 6.19. The Kier molecular flexibility index (Phi) is 3.94. The van der Waals surface area contributed by atoms with E-state index in [0.717, 1.165) is 12.3 Å². The first-order chi connectivity index (χ1) is 12.9. The number of nitrogens with one attached hydrogen (secondary N) is 2. The molecule has 8 nitrogen and oxygen atoms in total. The van der Waals surface area contributed by atoms with E-state index in [0.29, 0.717) is 28.2 Å². The number of anilines is 3. The van der Waals surface area contributed by atoms with Gasteiger partial charge in [0.15, 0.2) is 0 Å². The van der Waals surface area contributed by atoms with Gasteiger partial charge in [-0.2, -0.15) is 9.97 Å². The fourth-order valence-electron chi connectivity index (χ4n) is 3.00. The van der Waals surface area contributed by atoms with Crippen molar-refractivity contribution in [3.05, 3.63) is 53.9 Å². The highest BCUT2D eigenvalue weighted by Gasteiger charge is 2.22. The number of rotatable bonds is 4. The van der Waals surface area contributed by atoms with Gasteiger partial charge in [0.1, 0.15) is 28.9 Å². The number of aromatic nitrogens is 6. The first-order valence-electron chi connectivity index (χ1n) is 8.13. The van der Waals surface area contributed by atoms with E-state index in [2.05, 4.69) is 30.2 Å². The number of nitrogens with two attached hydrogens (primary N) is 1. The largest absolute Gasteiger partial charge is 0.368 e. The molecule has 138 valence electrons. The highest BCUT2D eigenvalue weighted by Crippen LogP contribution is 2.34. The third-order valence-electron chi connectivity index (χ3n) is 4.24. The van der Waals surface area contributed by atoms with E-state index >= 15 is 0 Å². The molecule has 4 aromatic rings. The molecule has 0 saturated heterocycles. The summed E-state index contributed by atoms with van der Waals surface area (Å²) in [6.07, 6.45) is 6.10. The lowest BCUT2D eigenvalue weighted by molar-refractivity contribution is 0.553. The number of imidazole rings is 1. The van der Waals surface area contributed by atoms with Crippen molar-refractivity contribution in [2.75, 3.05) is 11.1 Å². The van der Waals surface area contributed by atoms with Gasteiger partial charge >= 0.3 is 0 Å². The van der Waals surface area contributed by atoms with E-state index in [9.17, 15) is 8.78 Å². The summed E-state index contributed by atoms with van der Waals surface area (Å²) in [6, 6.07) is 0.815. The van der Waals surface area contributed by atoms with Crippen molar-refractivity contribution < 1.29 is 8.78 Å². The van der Waals surface area contributed by atoms with E-state index < -0.39 is 17.6 Å². The summed E-state index contributed by atoms with van der Waals surface area (Å²) in [4.78, 5) is 19.6. The first kappa shape index (κ1) is 16.9. The Bertz CT molecular complexity index is 1130. The normalized spacial score (nSPS) is 12.4. The number of aryl methyl sites for hydroxylation is 1. The summed E-state index contributed by atoms with van der Waals surface area (Å²) in [7, 11) is 1.84. The van der Waals surface area contributed by atoms with Crippen molar-refractivity contribution in [1.82, 2.24) is 29.5 Å². The molecule has 0 fully saturated rings. The lowest BCUT2D eigenvalue weighted by atomic mass is 9.97. The van der Waals surface area contributed by atoms with E-state index in [-0.39, 0.29) is 11.6 Å². The van der Waals surface area contributed by atoms with Gasteiger partial charge in [0.05, 0.1) is 23.6 Å². The summed E-state index contributed by atoms with van der Waals surface area (Å²) >= 11 is 0. The van der Waals surface area contributed by atoms with Crippen LogP contribution in [0.4, 0.5) is 26.4 Å². The van der Waals surface area contributed by atoms with Gasteiger partial charge < -0.3 is 20.6 Å². The Labute approximate surface area is 152 Å². The molecule has 0 aliphatic heterocycles. The maximum absolute atomic E-state index is 14.2. The number of aromatic amines is 1. The van der Waals surface area contributed by atoms with Gasteiger partial charge in [-0.1, -0.05) is 6.92 Å². The van der Waals surface area contributed by atoms with Gasteiger partial charge in [0.25, 0.3) is 0 Å². The van der Waals surface area contributed by atoms with Gasteiger partial charge in [0.2, 0.25) is 5.95 Å². The van der Waals surface area contributed by atoms with Crippen LogP contribution in [0.1, 0.15) is 24.1 Å². The Hall–Kier alpha value is -3.56. The summed E-state index contributed by atoms with van der Waals surface area (Å²) in [5.41, 5.74) is 7.11. The van der Waals surface area contributed by atoms with E-state index in [1.165, 1.54) is 0 Å². The molecule has 0 radical (unpaired) electrons. The molecule has 10 heteroatoms. The number of nitrogens with zero attached hydrogens (tertiary/aromatic N) is 5. The second-order valence-corrected chi connectivity index (χ2v) is 6.19. The zero-order valence-corrected chi connectivity index (χ0v) is 14.5. The molecular weight excluding hydrogens is 354 g/mol. The van der Waals surface area contributed by atoms with Crippen molar-refractivity contribution >= 4 is 28.6 Å². The smallest absolute Gasteiger partial charge is 0.224 e. The molecule has 4 heterocycles. The molecule has 1 atom stereocenters. The van der Waals surface area contributed by atoms with E-state index in [1.807, 2.05) is 7.05 Å². The predicted molar refractivity (Wildman–Crippen MR) is 96.5 cm³/mol. The molecule has 4 N–H and O–H groups in total. The molecule has 0 amide bonds. The molecule has 0 saturated carbocycles. The van der Waals surface area contributed by atoms with E-state index in [1.54, 1.807) is 30.2 Å². The van der Waals surface area contributed by atoms with Crippen molar-refractivity contribution in [2.45, 2.75) is 12.8 Å². The lowest BCUT2D eigenvalue weighted by Crippen LogP contribution is -2.05. The van der Waals surface area contributed by atoms with Crippen LogP contribution < -0.4 is 11.1 Å². The van der Waals surface area contributed by atoms with Crippen LogP contribution in [0.2, 0.25) is 0 Å². The number of nitrogen functional groups attached to an aromatic ring is 1. The molecule has 0 aliphatic rings. The molecule has 4 aromatic heterocycles. The van der Waals surface area contributed by atoms with Crippen LogP contribution >= 0.6 is 0 Å². The summed E-state index contributed by atoms with van der Waals surface area (Å²) in [5.74, 6) is -0.836. The molecule has 0 bridgehead atoms. The fraction of sp³-hybridized carbons (Fsp3) is 0.176. The van der Waals surface area contributed by atoms with Gasteiger partial charge in [-0.25, -0.2) is 13.8 Å². The monoisotopic (exact) mass is 370 g/mol. The van der Waals surface area contributed by atoms with Crippen molar-refractivity contribution in [3.8, 4) is 0 Å². The van der Waals surface area contributed by atoms with Crippen LogP contribution in [0.5, 0.6) is 0 Å². The zero-order chi connectivity index (χ0) is 19.1. The average molecular weight is 370 g/mol. The van der Waals surface area contributed by atoms with Crippen LogP contribution in [0.15, 0.2) is 31.0 Å².